The molecule has 118 valence electrons. The van der Waals surface area contributed by atoms with Crippen molar-refractivity contribution in [1.29, 1.82) is 0 Å². The summed E-state index contributed by atoms with van der Waals surface area (Å²) in [5.41, 5.74) is 0. The van der Waals surface area contributed by atoms with Gasteiger partial charge in [0, 0.05) is 32.1 Å². The highest BCUT2D eigenvalue weighted by Crippen LogP contribution is 2.38. The average molecular weight is 298 g/mol. The first-order valence-electron chi connectivity index (χ1n) is 7.60. The first-order chi connectivity index (χ1) is 10.0. The molecule has 0 aromatic carbocycles. The highest BCUT2D eigenvalue weighted by molar-refractivity contribution is 5.75. The van der Waals surface area contributed by atoms with Crippen molar-refractivity contribution < 1.29 is 24.5 Å². The Balaban J connectivity index is 1.57. The van der Waals surface area contributed by atoms with Crippen LogP contribution in [0.4, 0.5) is 4.79 Å². The standard InChI is InChI=1S/C14H22N2O5/c17-12-2-1-9-6-16(8-11(9)12)14(20)15-3-4-21-10(7-15)5-13(18)19/h9-12,17H,1-8H2,(H,18,19). The van der Waals surface area contributed by atoms with Crippen LogP contribution in [0.2, 0.25) is 0 Å². The number of aliphatic hydroxyl groups is 1. The zero-order valence-electron chi connectivity index (χ0n) is 12.0. The molecule has 3 rings (SSSR count). The van der Waals surface area contributed by atoms with E-state index in [-0.39, 0.29) is 24.5 Å². The monoisotopic (exact) mass is 298 g/mol. The van der Waals surface area contributed by atoms with Crippen molar-refractivity contribution in [3.63, 3.8) is 0 Å². The molecule has 4 atom stereocenters. The molecule has 0 aromatic rings. The summed E-state index contributed by atoms with van der Waals surface area (Å²) in [6.07, 6.45) is 1.05. The first-order valence-corrected chi connectivity index (χ1v) is 7.60. The topological polar surface area (TPSA) is 90.3 Å². The molecular formula is C14H22N2O5. The molecular weight excluding hydrogens is 276 g/mol. The Morgan fingerprint density at radius 2 is 1.95 bits per heavy atom. The molecule has 0 aromatic heterocycles. The minimum absolute atomic E-state index is 0.0460. The number of carboxylic acids is 1. The van der Waals surface area contributed by atoms with Gasteiger partial charge in [0.25, 0.3) is 0 Å². The third kappa shape index (κ3) is 2.98. The van der Waals surface area contributed by atoms with Gasteiger partial charge in [-0.25, -0.2) is 4.79 Å². The number of amides is 2. The Bertz CT molecular complexity index is 430. The van der Waals surface area contributed by atoms with E-state index < -0.39 is 12.1 Å². The number of carbonyl (C=O) groups is 2. The number of likely N-dealkylation sites (tertiary alicyclic amines) is 1. The average Bonchev–Trinajstić information content (AvgIpc) is 3.00. The van der Waals surface area contributed by atoms with Crippen LogP contribution in [0.3, 0.4) is 0 Å². The molecule has 0 bridgehead atoms. The zero-order valence-corrected chi connectivity index (χ0v) is 12.0. The van der Waals surface area contributed by atoms with Gasteiger partial charge in [-0.15, -0.1) is 0 Å². The van der Waals surface area contributed by atoms with Crippen molar-refractivity contribution in [3.05, 3.63) is 0 Å². The summed E-state index contributed by atoms with van der Waals surface area (Å²) in [6.45, 7) is 2.54. The molecule has 4 unspecified atom stereocenters. The maximum Gasteiger partial charge on any atom is 0.320 e. The van der Waals surface area contributed by atoms with Gasteiger partial charge in [-0.3, -0.25) is 4.79 Å². The molecule has 2 heterocycles. The third-order valence-corrected chi connectivity index (χ3v) is 4.90. The lowest BCUT2D eigenvalue weighted by atomic mass is 10.00. The highest BCUT2D eigenvalue weighted by Gasteiger charge is 2.44. The van der Waals surface area contributed by atoms with Crippen LogP contribution in [0.25, 0.3) is 0 Å². The van der Waals surface area contributed by atoms with Crippen LogP contribution in [0.5, 0.6) is 0 Å². The van der Waals surface area contributed by atoms with Crippen LogP contribution in [0.1, 0.15) is 19.3 Å². The van der Waals surface area contributed by atoms with Gasteiger partial charge in [0.05, 0.1) is 25.2 Å². The van der Waals surface area contributed by atoms with E-state index in [1.165, 1.54) is 0 Å². The smallest absolute Gasteiger partial charge is 0.320 e. The molecule has 0 spiro atoms. The molecule has 7 heteroatoms. The number of carboxylic acid groups (broad SMARTS) is 1. The second-order valence-corrected chi connectivity index (χ2v) is 6.29. The van der Waals surface area contributed by atoms with Crippen LogP contribution >= 0.6 is 0 Å². The lowest BCUT2D eigenvalue weighted by molar-refractivity contribution is -0.141. The normalized spacial score (nSPS) is 35.9. The van der Waals surface area contributed by atoms with Crippen molar-refractivity contribution in [3.8, 4) is 0 Å². The van der Waals surface area contributed by atoms with Gasteiger partial charge in [-0.1, -0.05) is 0 Å². The van der Waals surface area contributed by atoms with Crippen LogP contribution < -0.4 is 0 Å². The minimum Gasteiger partial charge on any atom is -0.481 e. The molecule has 2 saturated heterocycles. The van der Waals surface area contributed by atoms with Gasteiger partial charge in [-0.05, 0) is 18.8 Å². The predicted molar refractivity (Wildman–Crippen MR) is 72.8 cm³/mol. The van der Waals surface area contributed by atoms with Crippen molar-refractivity contribution in [2.24, 2.45) is 11.8 Å². The molecule has 0 radical (unpaired) electrons. The van der Waals surface area contributed by atoms with Crippen LogP contribution in [0.15, 0.2) is 0 Å². The van der Waals surface area contributed by atoms with Crippen molar-refractivity contribution in [1.82, 2.24) is 9.80 Å². The van der Waals surface area contributed by atoms with Gasteiger partial charge in [0.2, 0.25) is 0 Å². The lowest BCUT2D eigenvalue weighted by Crippen LogP contribution is -2.51. The first kappa shape index (κ1) is 14.6. The highest BCUT2D eigenvalue weighted by atomic mass is 16.5. The van der Waals surface area contributed by atoms with Crippen LogP contribution in [-0.2, 0) is 9.53 Å². The number of aliphatic hydroxyl groups excluding tert-OH is 1. The molecule has 1 aliphatic carbocycles. The number of hydrogen-bond donors (Lipinski definition) is 2. The summed E-state index contributed by atoms with van der Waals surface area (Å²) in [7, 11) is 0. The fraction of sp³-hybridized carbons (Fsp3) is 0.857. The Morgan fingerprint density at radius 1 is 1.14 bits per heavy atom. The summed E-state index contributed by atoms with van der Waals surface area (Å²) in [4.78, 5) is 26.8. The SMILES string of the molecule is O=C(O)CC1CN(C(=O)N2CC3CCC(O)C3C2)CCO1. The number of morpholine rings is 1. The second kappa shape index (κ2) is 5.81. The fourth-order valence-electron chi connectivity index (χ4n) is 3.80. The van der Waals surface area contributed by atoms with Gasteiger partial charge in [-0.2, -0.15) is 0 Å². The Kier molecular flexibility index (Phi) is 4.03. The van der Waals surface area contributed by atoms with E-state index in [0.717, 1.165) is 12.8 Å². The molecule has 7 nitrogen and oxygen atoms in total. The summed E-state index contributed by atoms with van der Waals surface area (Å²) in [5.74, 6) is -0.280. The second-order valence-electron chi connectivity index (χ2n) is 6.29. The number of urea groups is 1. The van der Waals surface area contributed by atoms with Crippen molar-refractivity contribution >= 4 is 12.0 Å². The summed E-state index contributed by atoms with van der Waals surface area (Å²) in [5, 5.41) is 18.7. The zero-order chi connectivity index (χ0) is 15.0. The van der Waals surface area contributed by atoms with Gasteiger partial charge in [0.15, 0.2) is 0 Å². The fourth-order valence-corrected chi connectivity index (χ4v) is 3.80. The van der Waals surface area contributed by atoms with E-state index >= 15 is 0 Å². The quantitative estimate of drug-likeness (QED) is 0.748. The number of carbonyl (C=O) groups excluding carboxylic acids is 1. The van der Waals surface area contributed by atoms with Crippen LogP contribution in [0, 0.1) is 11.8 Å². The number of nitrogens with zero attached hydrogens (tertiary/aromatic N) is 2. The van der Waals surface area contributed by atoms with Crippen LogP contribution in [-0.4, -0.2) is 77.0 Å². The molecule has 2 amide bonds. The number of hydrogen-bond acceptors (Lipinski definition) is 4. The molecule has 3 fully saturated rings. The molecule has 1 saturated carbocycles. The molecule has 2 aliphatic heterocycles. The Labute approximate surface area is 123 Å². The van der Waals surface area contributed by atoms with E-state index in [1.54, 1.807) is 9.80 Å². The van der Waals surface area contributed by atoms with E-state index in [4.69, 9.17) is 9.84 Å². The lowest BCUT2D eigenvalue weighted by Gasteiger charge is -2.35. The molecule has 3 aliphatic rings. The largest absolute Gasteiger partial charge is 0.481 e. The number of aliphatic carboxylic acids is 1. The predicted octanol–water partition coefficient (Wildman–Crippen LogP) is -0.0154. The third-order valence-electron chi connectivity index (χ3n) is 4.90. The van der Waals surface area contributed by atoms with E-state index in [2.05, 4.69) is 0 Å². The van der Waals surface area contributed by atoms with Gasteiger partial charge in [0.1, 0.15) is 0 Å². The van der Waals surface area contributed by atoms with Crippen molar-refractivity contribution in [2.75, 3.05) is 32.8 Å². The Hall–Kier alpha value is -1.34. The number of rotatable bonds is 2. The number of fused-ring (bicyclic) bond motifs is 1. The number of ether oxygens (including phenoxy) is 1. The summed E-state index contributed by atoms with van der Waals surface area (Å²) in [6, 6.07) is -0.0460. The van der Waals surface area contributed by atoms with E-state index in [1.807, 2.05) is 0 Å². The van der Waals surface area contributed by atoms with Gasteiger partial charge >= 0.3 is 12.0 Å². The van der Waals surface area contributed by atoms with E-state index in [0.29, 0.717) is 38.7 Å². The maximum atomic E-state index is 12.5. The molecule has 2 N–H and O–H groups in total. The summed E-state index contributed by atoms with van der Waals surface area (Å²) < 4.78 is 5.39. The Morgan fingerprint density at radius 3 is 2.67 bits per heavy atom. The van der Waals surface area contributed by atoms with Crippen molar-refractivity contribution in [2.45, 2.75) is 31.5 Å². The maximum absolute atomic E-state index is 12.5. The van der Waals surface area contributed by atoms with Gasteiger partial charge < -0.3 is 24.7 Å². The molecule has 21 heavy (non-hydrogen) atoms. The summed E-state index contributed by atoms with van der Waals surface area (Å²) >= 11 is 0. The van der Waals surface area contributed by atoms with E-state index in [9.17, 15) is 14.7 Å². The minimum atomic E-state index is -0.909.